The average Bonchev–Trinajstić information content (AvgIpc) is 2.87. The van der Waals surface area contributed by atoms with Gasteiger partial charge in [-0.25, -0.2) is 0 Å². The zero-order valence-electron chi connectivity index (χ0n) is 11.6. The van der Waals surface area contributed by atoms with Crippen molar-refractivity contribution in [2.45, 2.75) is 39.3 Å². The van der Waals surface area contributed by atoms with Gasteiger partial charge in [-0.05, 0) is 32.4 Å². The number of aromatic nitrogens is 3. The zero-order chi connectivity index (χ0) is 13.8. The minimum Gasteiger partial charge on any atom is -0.452 e. The molecule has 0 fully saturated rings. The van der Waals surface area contributed by atoms with Crippen LogP contribution in [0.2, 0.25) is 0 Å². The molecule has 0 radical (unpaired) electrons. The summed E-state index contributed by atoms with van der Waals surface area (Å²) in [4.78, 5) is 4.31. The van der Waals surface area contributed by atoms with Crippen molar-refractivity contribution in [3.63, 3.8) is 0 Å². The van der Waals surface area contributed by atoms with Crippen LogP contribution in [0.3, 0.4) is 0 Å². The van der Waals surface area contributed by atoms with Crippen LogP contribution < -0.4 is 10.5 Å². The van der Waals surface area contributed by atoms with E-state index in [1.54, 1.807) is 12.4 Å². The second-order valence-corrected chi connectivity index (χ2v) is 4.79. The number of ether oxygens (including phenoxy) is 1. The van der Waals surface area contributed by atoms with E-state index in [-0.39, 0.29) is 6.04 Å². The summed E-state index contributed by atoms with van der Waals surface area (Å²) in [5.41, 5.74) is 6.80. The highest BCUT2D eigenvalue weighted by Crippen LogP contribution is 2.22. The lowest BCUT2D eigenvalue weighted by molar-refractivity contribution is 0.474. The molecule has 0 aromatic carbocycles. The van der Waals surface area contributed by atoms with Gasteiger partial charge < -0.3 is 10.5 Å². The van der Waals surface area contributed by atoms with E-state index in [1.165, 1.54) is 0 Å². The van der Waals surface area contributed by atoms with E-state index in [9.17, 15) is 0 Å². The fourth-order valence-corrected chi connectivity index (χ4v) is 1.67. The molecule has 1 atom stereocenters. The van der Waals surface area contributed by atoms with Crippen molar-refractivity contribution in [1.29, 1.82) is 0 Å². The maximum Gasteiger partial charge on any atom is 0.165 e. The number of hydrogen-bond donors (Lipinski definition) is 1. The predicted octanol–water partition coefficient (Wildman–Crippen LogP) is 3.06. The second kappa shape index (κ2) is 5.84. The molecule has 2 rings (SSSR count). The number of nitrogens with two attached hydrogens (primary N) is 1. The zero-order valence-corrected chi connectivity index (χ0v) is 11.6. The summed E-state index contributed by atoms with van der Waals surface area (Å²) in [5.74, 6) is 1.40. The lowest BCUT2D eigenvalue weighted by atomic mass is 10.1. The molecular formula is C14H20N4O. The van der Waals surface area contributed by atoms with Gasteiger partial charge >= 0.3 is 0 Å². The molecule has 5 nitrogen and oxygen atoms in total. The van der Waals surface area contributed by atoms with Gasteiger partial charge in [0, 0.05) is 12.1 Å². The molecule has 102 valence electrons. The molecule has 19 heavy (non-hydrogen) atoms. The summed E-state index contributed by atoms with van der Waals surface area (Å²) in [7, 11) is 0. The molecule has 0 spiro atoms. The first-order valence-electron chi connectivity index (χ1n) is 6.53. The van der Waals surface area contributed by atoms with Gasteiger partial charge in [0.2, 0.25) is 0 Å². The van der Waals surface area contributed by atoms with Crippen LogP contribution in [0.5, 0.6) is 11.5 Å². The quantitative estimate of drug-likeness (QED) is 0.897. The highest BCUT2D eigenvalue weighted by atomic mass is 16.5. The Hall–Kier alpha value is -1.88. The van der Waals surface area contributed by atoms with Crippen molar-refractivity contribution in [1.82, 2.24) is 14.8 Å². The molecule has 2 aromatic rings. The summed E-state index contributed by atoms with van der Waals surface area (Å²) < 4.78 is 7.54. The first kappa shape index (κ1) is 13.5. The Balaban J connectivity index is 2.06. The summed E-state index contributed by atoms with van der Waals surface area (Å²) in [6.07, 6.45) is 6.13. The lowest BCUT2D eigenvalue weighted by Crippen LogP contribution is -2.10. The van der Waals surface area contributed by atoms with Crippen LogP contribution in [0.15, 0.2) is 30.7 Å². The SMILES string of the molecule is CCC(N)c1ccc(Oc2cnn(C(C)C)c2)cn1. The molecule has 0 aliphatic rings. The molecule has 2 N–H and O–H groups in total. The van der Waals surface area contributed by atoms with Gasteiger partial charge in [0.25, 0.3) is 0 Å². The largest absolute Gasteiger partial charge is 0.452 e. The van der Waals surface area contributed by atoms with E-state index < -0.39 is 0 Å². The fraction of sp³-hybridized carbons (Fsp3) is 0.429. The van der Waals surface area contributed by atoms with Crippen LogP contribution in [0.25, 0.3) is 0 Å². The Morgan fingerprint density at radius 2 is 2.05 bits per heavy atom. The number of hydrogen-bond acceptors (Lipinski definition) is 4. The van der Waals surface area contributed by atoms with Crippen molar-refractivity contribution >= 4 is 0 Å². The van der Waals surface area contributed by atoms with Crippen molar-refractivity contribution in [2.75, 3.05) is 0 Å². The fourth-order valence-electron chi connectivity index (χ4n) is 1.67. The maximum atomic E-state index is 5.92. The molecule has 0 aliphatic carbocycles. The van der Waals surface area contributed by atoms with Gasteiger partial charge in [0.05, 0.1) is 24.3 Å². The Bertz CT molecular complexity index is 518. The number of pyridine rings is 1. The second-order valence-electron chi connectivity index (χ2n) is 4.79. The van der Waals surface area contributed by atoms with Crippen LogP contribution in [0.1, 0.15) is 45.0 Å². The first-order chi connectivity index (χ1) is 9.10. The van der Waals surface area contributed by atoms with Crippen LogP contribution in [-0.2, 0) is 0 Å². The summed E-state index contributed by atoms with van der Waals surface area (Å²) >= 11 is 0. The van der Waals surface area contributed by atoms with Crippen LogP contribution in [0.4, 0.5) is 0 Å². The molecule has 0 saturated carbocycles. The normalized spacial score (nSPS) is 12.7. The molecule has 2 aromatic heterocycles. The molecular weight excluding hydrogens is 240 g/mol. The summed E-state index contributed by atoms with van der Waals surface area (Å²) in [6.45, 7) is 6.18. The highest BCUT2D eigenvalue weighted by molar-refractivity contribution is 5.27. The van der Waals surface area contributed by atoms with Crippen molar-refractivity contribution < 1.29 is 4.74 Å². The molecule has 0 saturated heterocycles. The Labute approximate surface area is 113 Å². The van der Waals surface area contributed by atoms with Gasteiger partial charge in [-0.2, -0.15) is 5.10 Å². The minimum absolute atomic E-state index is 0.0160. The third kappa shape index (κ3) is 3.32. The Kier molecular flexibility index (Phi) is 4.16. The van der Waals surface area contributed by atoms with Crippen molar-refractivity contribution in [3.05, 3.63) is 36.4 Å². The van der Waals surface area contributed by atoms with E-state index >= 15 is 0 Å². The third-order valence-electron chi connectivity index (χ3n) is 2.92. The topological polar surface area (TPSA) is 66.0 Å². The molecule has 2 heterocycles. The molecule has 1 unspecified atom stereocenters. The predicted molar refractivity (Wildman–Crippen MR) is 74.1 cm³/mol. The Morgan fingerprint density at radius 3 is 2.58 bits per heavy atom. The number of nitrogens with zero attached hydrogens (tertiary/aromatic N) is 3. The standard InChI is InChI=1S/C14H20N4O/c1-4-13(15)14-6-5-11(7-16-14)19-12-8-17-18(9-12)10(2)3/h5-10,13H,4,15H2,1-3H3. The van der Waals surface area contributed by atoms with Crippen molar-refractivity contribution in [2.24, 2.45) is 5.73 Å². The molecule has 0 bridgehead atoms. The van der Waals surface area contributed by atoms with Crippen LogP contribution in [-0.4, -0.2) is 14.8 Å². The monoisotopic (exact) mass is 260 g/mol. The highest BCUT2D eigenvalue weighted by Gasteiger charge is 2.07. The summed E-state index contributed by atoms with van der Waals surface area (Å²) in [6, 6.07) is 4.08. The van der Waals surface area contributed by atoms with Crippen molar-refractivity contribution in [3.8, 4) is 11.5 Å². The summed E-state index contributed by atoms with van der Waals surface area (Å²) in [5, 5.41) is 4.22. The van der Waals surface area contributed by atoms with Gasteiger partial charge in [-0.3, -0.25) is 9.67 Å². The molecule has 0 amide bonds. The van der Waals surface area contributed by atoms with Gasteiger partial charge in [0.1, 0.15) is 5.75 Å². The molecule has 5 heteroatoms. The van der Waals surface area contributed by atoms with E-state index in [0.29, 0.717) is 17.5 Å². The van der Waals surface area contributed by atoms with Crippen LogP contribution >= 0.6 is 0 Å². The van der Waals surface area contributed by atoms with E-state index in [4.69, 9.17) is 10.5 Å². The number of rotatable bonds is 5. The van der Waals surface area contributed by atoms with Gasteiger partial charge in [0.15, 0.2) is 5.75 Å². The minimum atomic E-state index is -0.0160. The smallest absolute Gasteiger partial charge is 0.165 e. The van der Waals surface area contributed by atoms with Crippen LogP contribution in [0, 0.1) is 0 Å². The van der Waals surface area contributed by atoms with E-state index in [1.807, 2.05) is 29.9 Å². The van der Waals surface area contributed by atoms with E-state index in [0.717, 1.165) is 12.1 Å². The lowest BCUT2D eigenvalue weighted by Gasteiger charge is -2.08. The maximum absolute atomic E-state index is 5.92. The molecule has 0 aliphatic heterocycles. The first-order valence-corrected chi connectivity index (χ1v) is 6.53. The third-order valence-corrected chi connectivity index (χ3v) is 2.92. The Morgan fingerprint density at radius 1 is 1.26 bits per heavy atom. The van der Waals surface area contributed by atoms with Gasteiger partial charge in [-0.15, -0.1) is 0 Å². The van der Waals surface area contributed by atoms with Gasteiger partial charge in [-0.1, -0.05) is 6.92 Å². The van der Waals surface area contributed by atoms with E-state index in [2.05, 4.69) is 23.9 Å². The average molecular weight is 260 g/mol.